The number of Topliss-reactive ketones (excluding diaryl/α,β-unsaturated/α-hetero) is 1. The maximum Gasteiger partial charge on any atom is 0.300 e. The summed E-state index contributed by atoms with van der Waals surface area (Å²) in [5, 5.41) is 11.5. The summed E-state index contributed by atoms with van der Waals surface area (Å²) in [7, 11) is 4.48. The maximum atomic E-state index is 13.5. The minimum atomic E-state index is -0.914. The highest BCUT2D eigenvalue weighted by Crippen LogP contribution is 2.44. The zero-order chi connectivity index (χ0) is 26.5. The summed E-state index contributed by atoms with van der Waals surface area (Å²) in [4.78, 5) is 28.3. The summed E-state index contributed by atoms with van der Waals surface area (Å²) in [6.07, 6.45) is 0.861. The standard InChI is InChI=1S/C29H29NO7/c1-5-15-37-20-11-9-18(10-12-20)26-25(27(31)23-17-22(35-3)13-14-24(23)36-4)28(32)29(33)30(26)19-7-6-8-21(16-19)34-2/h6-14,16-17,26,31H,5,15H2,1-4H3/b27-25+. The van der Waals surface area contributed by atoms with E-state index < -0.39 is 17.7 Å². The van der Waals surface area contributed by atoms with Crippen molar-refractivity contribution in [3.8, 4) is 23.0 Å². The highest BCUT2D eigenvalue weighted by Gasteiger charge is 2.47. The Hall–Kier alpha value is -4.46. The molecule has 1 aliphatic heterocycles. The molecule has 1 amide bonds. The van der Waals surface area contributed by atoms with E-state index in [1.165, 1.54) is 26.2 Å². The molecule has 8 nitrogen and oxygen atoms in total. The average Bonchev–Trinajstić information content (AvgIpc) is 3.21. The molecule has 1 heterocycles. The zero-order valence-electron chi connectivity index (χ0n) is 21.2. The first-order chi connectivity index (χ1) is 17.9. The fourth-order valence-electron chi connectivity index (χ4n) is 4.29. The molecule has 3 aromatic carbocycles. The van der Waals surface area contributed by atoms with Gasteiger partial charge in [-0.1, -0.05) is 25.1 Å². The van der Waals surface area contributed by atoms with Crippen molar-refractivity contribution >= 4 is 23.1 Å². The Morgan fingerprint density at radius 2 is 1.54 bits per heavy atom. The molecule has 4 rings (SSSR count). The number of nitrogens with zero attached hydrogens (tertiary/aromatic N) is 1. The predicted octanol–water partition coefficient (Wildman–Crippen LogP) is 5.13. The largest absolute Gasteiger partial charge is 0.507 e. The summed E-state index contributed by atoms with van der Waals surface area (Å²) >= 11 is 0. The molecule has 0 aromatic heterocycles. The van der Waals surface area contributed by atoms with E-state index in [1.807, 2.05) is 6.92 Å². The van der Waals surface area contributed by atoms with Gasteiger partial charge in [0.1, 0.15) is 28.8 Å². The lowest BCUT2D eigenvalue weighted by atomic mass is 9.94. The lowest BCUT2D eigenvalue weighted by Gasteiger charge is -2.26. The number of benzene rings is 3. The third kappa shape index (κ3) is 4.95. The van der Waals surface area contributed by atoms with Crippen LogP contribution in [0.2, 0.25) is 0 Å². The Balaban J connectivity index is 1.93. The van der Waals surface area contributed by atoms with Gasteiger partial charge in [-0.05, 0) is 54.4 Å². The molecule has 1 atom stereocenters. The van der Waals surface area contributed by atoms with Crippen LogP contribution in [0.5, 0.6) is 23.0 Å². The van der Waals surface area contributed by atoms with Gasteiger partial charge < -0.3 is 24.1 Å². The second-order valence-corrected chi connectivity index (χ2v) is 8.35. The van der Waals surface area contributed by atoms with Crippen LogP contribution in [0.25, 0.3) is 5.76 Å². The summed E-state index contributed by atoms with van der Waals surface area (Å²) in [6, 6.07) is 17.9. The van der Waals surface area contributed by atoms with Crippen LogP contribution in [-0.2, 0) is 9.59 Å². The molecule has 0 bridgehead atoms. The summed E-state index contributed by atoms with van der Waals surface area (Å²) in [5.74, 6) is 0.0194. The van der Waals surface area contributed by atoms with Crippen LogP contribution in [0.1, 0.15) is 30.5 Å². The smallest absolute Gasteiger partial charge is 0.300 e. The van der Waals surface area contributed by atoms with Gasteiger partial charge in [-0.2, -0.15) is 0 Å². The lowest BCUT2D eigenvalue weighted by Crippen LogP contribution is -2.29. The molecule has 37 heavy (non-hydrogen) atoms. The number of hydrogen-bond donors (Lipinski definition) is 1. The molecule has 1 unspecified atom stereocenters. The first-order valence-corrected chi connectivity index (χ1v) is 11.8. The highest BCUT2D eigenvalue weighted by atomic mass is 16.5. The molecule has 192 valence electrons. The van der Waals surface area contributed by atoms with E-state index in [0.717, 1.165) is 6.42 Å². The van der Waals surface area contributed by atoms with Crippen molar-refractivity contribution in [1.29, 1.82) is 0 Å². The summed E-state index contributed by atoms with van der Waals surface area (Å²) in [5.41, 5.74) is 1.24. The van der Waals surface area contributed by atoms with Gasteiger partial charge in [0.2, 0.25) is 0 Å². The third-order valence-electron chi connectivity index (χ3n) is 6.11. The number of hydrogen-bond acceptors (Lipinski definition) is 7. The molecular weight excluding hydrogens is 474 g/mol. The van der Waals surface area contributed by atoms with Crippen molar-refractivity contribution in [2.24, 2.45) is 0 Å². The fourth-order valence-corrected chi connectivity index (χ4v) is 4.29. The first kappa shape index (κ1) is 25.6. The Morgan fingerprint density at radius 1 is 0.865 bits per heavy atom. The maximum absolute atomic E-state index is 13.5. The van der Waals surface area contributed by atoms with E-state index in [-0.39, 0.29) is 16.9 Å². The highest BCUT2D eigenvalue weighted by molar-refractivity contribution is 6.51. The minimum absolute atomic E-state index is 0.0680. The molecule has 1 N–H and O–H groups in total. The molecule has 1 aliphatic rings. The molecule has 0 aliphatic carbocycles. The van der Waals surface area contributed by atoms with Crippen LogP contribution in [0, 0.1) is 0 Å². The van der Waals surface area contributed by atoms with E-state index in [9.17, 15) is 14.7 Å². The molecular formula is C29H29NO7. The average molecular weight is 504 g/mol. The molecule has 1 fully saturated rings. The van der Waals surface area contributed by atoms with Crippen LogP contribution < -0.4 is 23.8 Å². The quantitative estimate of drug-likeness (QED) is 0.246. The predicted molar refractivity (Wildman–Crippen MR) is 140 cm³/mol. The van der Waals surface area contributed by atoms with Crippen molar-refractivity contribution in [3.63, 3.8) is 0 Å². The summed E-state index contributed by atoms with van der Waals surface area (Å²) in [6.45, 7) is 2.58. The normalized spacial score (nSPS) is 16.5. The molecule has 1 saturated heterocycles. The number of anilines is 1. The molecule has 0 radical (unpaired) electrons. The van der Waals surface area contributed by atoms with Gasteiger partial charge in [0, 0.05) is 11.8 Å². The van der Waals surface area contributed by atoms with Gasteiger partial charge >= 0.3 is 0 Å². The van der Waals surface area contributed by atoms with E-state index in [1.54, 1.807) is 66.7 Å². The van der Waals surface area contributed by atoms with E-state index in [4.69, 9.17) is 18.9 Å². The molecule has 3 aromatic rings. The van der Waals surface area contributed by atoms with Crippen LogP contribution in [0.3, 0.4) is 0 Å². The van der Waals surface area contributed by atoms with Gasteiger partial charge in [0.15, 0.2) is 0 Å². The number of rotatable bonds is 9. The lowest BCUT2D eigenvalue weighted by molar-refractivity contribution is -0.132. The number of methoxy groups -OCH3 is 3. The molecule has 0 saturated carbocycles. The number of carbonyl (C=O) groups excluding carboxylic acids is 2. The number of ether oxygens (including phenoxy) is 4. The van der Waals surface area contributed by atoms with Gasteiger partial charge in [-0.25, -0.2) is 0 Å². The Bertz CT molecular complexity index is 1330. The van der Waals surface area contributed by atoms with Crippen molar-refractivity contribution < 1.29 is 33.6 Å². The van der Waals surface area contributed by atoms with Gasteiger partial charge in [0.05, 0.1) is 45.1 Å². The Morgan fingerprint density at radius 3 is 2.19 bits per heavy atom. The van der Waals surface area contributed by atoms with E-state index in [0.29, 0.717) is 40.9 Å². The van der Waals surface area contributed by atoms with Gasteiger partial charge in [-0.3, -0.25) is 14.5 Å². The summed E-state index contributed by atoms with van der Waals surface area (Å²) < 4.78 is 21.8. The zero-order valence-corrected chi connectivity index (χ0v) is 21.2. The first-order valence-electron chi connectivity index (χ1n) is 11.8. The number of carbonyl (C=O) groups is 2. The van der Waals surface area contributed by atoms with Gasteiger partial charge in [0.25, 0.3) is 11.7 Å². The molecule has 0 spiro atoms. The number of aliphatic hydroxyl groups excluding tert-OH is 1. The van der Waals surface area contributed by atoms with Crippen molar-refractivity contribution in [3.05, 3.63) is 83.4 Å². The van der Waals surface area contributed by atoms with Crippen LogP contribution >= 0.6 is 0 Å². The second kappa shape index (κ2) is 11.1. The topological polar surface area (TPSA) is 94.5 Å². The second-order valence-electron chi connectivity index (χ2n) is 8.35. The Kier molecular flexibility index (Phi) is 7.67. The van der Waals surface area contributed by atoms with Crippen LogP contribution in [0.4, 0.5) is 5.69 Å². The van der Waals surface area contributed by atoms with Crippen LogP contribution in [-0.4, -0.2) is 44.7 Å². The number of aliphatic hydroxyl groups is 1. The molecule has 8 heteroatoms. The SMILES string of the molecule is CCCOc1ccc(C2/C(=C(\O)c3cc(OC)ccc3OC)C(=O)C(=O)N2c2cccc(OC)c2)cc1. The van der Waals surface area contributed by atoms with Crippen molar-refractivity contribution in [2.45, 2.75) is 19.4 Å². The number of amides is 1. The number of ketones is 1. The van der Waals surface area contributed by atoms with Gasteiger partial charge in [-0.15, -0.1) is 0 Å². The van der Waals surface area contributed by atoms with Crippen LogP contribution in [0.15, 0.2) is 72.3 Å². The minimum Gasteiger partial charge on any atom is -0.507 e. The monoisotopic (exact) mass is 503 g/mol. The van der Waals surface area contributed by atoms with E-state index in [2.05, 4.69) is 0 Å². The van der Waals surface area contributed by atoms with Crippen molar-refractivity contribution in [1.82, 2.24) is 0 Å². The fraction of sp³-hybridized carbons (Fsp3) is 0.241. The van der Waals surface area contributed by atoms with Crippen molar-refractivity contribution in [2.75, 3.05) is 32.8 Å². The van der Waals surface area contributed by atoms with E-state index >= 15 is 0 Å². The Labute approximate surface area is 215 Å². The third-order valence-corrected chi connectivity index (χ3v) is 6.11.